The third kappa shape index (κ3) is 3.90. The van der Waals surface area contributed by atoms with E-state index in [4.69, 9.17) is 33.2 Å². The highest BCUT2D eigenvalue weighted by Crippen LogP contribution is 2.59. The van der Waals surface area contributed by atoms with Crippen molar-refractivity contribution in [2.24, 2.45) is 0 Å². The summed E-state index contributed by atoms with van der Waals surface area (Å²) in [5, 5.41) is 0. The third-order valence-electron chi connectivity index (χ3n) is 7.27. The molecule has 0 spiro atoms. The molecule has 0 aromatic heterocycles. The lowest BCUT2D eigenvalue weighted by Crippen LogP contribution is -2.22. The molecule has 0 fully saturated rings. The van der Waals surface area contributed by atoms with Crippen molar-refractivity contribution < 1.29 is 0 Å². The Morgan fingerprint density at radius 2 is 0.882 bits per heavy atom. The van der Waals surface area contributed by atoms with Gasteiger partial charge in [-0.3, -0.25) is 0 Å². The molecule has 0 aliphatic heterocycles. The van der Waals surface area contributed by atoms with Crippen LogP contribution in [0.4, 0.5) is 0 Å². The maximum Gasteiger partial charge on any atom is 0.341 e. The van der Waals surface area contributed by atoms with E-state index >= 15 is 0 Å². The van der Waals surface area contributed by atoms with Crippen molar-refractivity contribution in [2.45, 2.75) is 29.5 Å². The molecule has 5 heteroatoms. The van der Waals surface area contributed by atoms with E-state index < -0.39 is 6.00 Å². The lowest BCUT2D eigenvalue weighted by atomic mass is 9.82. The van der Waals surface area contributed by atoms with Crippen molar-refractivity contribution in [3.63, 3.8) is 0 Å². The van der Waals surface area contributed by atoms with E-state index in [0.29, 0.717) is 32.9 Å². The first-order valence-electron chi connectivity index (χ1n) is 11.7. The predicted octanol–water partition coefficient (Wildman–Crippen LogP) is 9.18. The second-order valence-corrected chi connectivity index (χ2v) is 20.0. The Morgan fingerprint density at radius 1 is 0.559 bits per heavy atom. The monoisotopic (exact) mass is 532 g/mol. The molecular weight excluding hydrogens is 511 g/mol. The molecule has 0 heterocycles. The Balaban J connectivity index is 1.52. The molecule has 34 heavy (non-hydrogen) atoms. The molecule has 0 saturated heterocycles. The molecule has 6 rings (SSSR count). The summed E-state index contributed by atoms with van der Waals surface area (Å²) in [6, 6.07) is 34.8. The van der Waals surface area contributed by atoms with Crippen LogP contribution in [0, 0.1) is 0 Å². The smallest absolute Gasteiger partial charge is 0.126 e. The van der Waals surface area contributed by atoms with E-state index in [0.717, 1.165) is 6.04 Å². The average Bonchev–Trinajstić information content (AvgIpc) is 3.35. The van der Waals surface area contributed by atoms with Crippen LogP contribution in [0.15, 0.2) is 97.1 Å². The van der Waals surface area contributed by atoms with Gasteiger partial charge in [0.2, 0.25) is 0 Å². The zero-order chi connectivity index (χ0) is 23.3. The standard InChI is InChI=1S/C29H23Cl3Si2/c30-34(31,32)18-17-33-29(27-23-13-5-1-9-19(23)20-10-2-6-14-24(20)27)28-25-15-7-3-11-21(25)22-12-4-8-16-26(22)28/h1-16,27-29H,17-18H2. The first-order chi connectivity index (χ1) is 16.5. The second-order valence-electron chi connectivity index (χ2n) is 9.15. The minimum absolute atomic E-state index is 0.326. The van der Waals surface area contributed by atoms with Gasteiger partial charge in [0.25, 0.3) is 0 Å². The minimum Gasteiger partial charge on any atom is -0.126 e. The first kappa shape index (κ1) is 22.6. The van der Waals surface area contributed by atoms with Crippen LogP contribution in [0.1, 0.15) is 34.1 Å². The van der Waals surface area contributed by atoms with Gasteiger partial charge >= 0.3 is 6.00 Å². The van der Waals surface area contributed by atoms with Crippen LogP contribution >= 0.6 is 33.2 Å². The Morgan fingerprint density at radius 3 is 1.21 bits per heavy atom. The molecule has 0 unspecified atom stereocenters. The van der Waals surface area contributed by atoms with Gasteiger partial charge in [0.05, 0.1) is 0 Å². The fourth-order valence-corrected chi connectivity index (χ4v) is 11.8. The largest absolute Gasteiger partial charge is 0.341 e. The average molecular weight is 534 g/mol. The molecule has 0 amide bonds. The summed E-state index contributed by atoms with van der Waals surface area (Å²) in [4.78, 5) is 0. The summed E-state index contributed by atoms with van der Waals surface area (Å²) in [5.74, 6) is 0.652. The molecule has 0 atom stereocenters. The van der Waals surface area contributed by atoms with Gasteiger partial charge in [0.15, 0.2) is 0 Å². The zero-order valence-corrected chi connectivity index (χ0v) is 22.8. The lowest BCUT2D eigenvalue weighted by molar-refractivity contribution is 0.653. The fraction of sp³-hybridized carbons (Fsp3) is 0.172. The van der Waals surface area contributed by atoms with Crippen molar-refractivity contribution in [1.82, 2.24) is 0 Å². The number of hydrogen-bond acceptors (Lipinski definition) is 0. The van der Waals surface area contributed by atoms with Gasteiger partial charge in [0, 0.05) is 21.4 Å². The summed E-state index contributed by atoms with van der Waals surface area (Å²) < 4.78 is 0. The van der Waals surface area contributed by atoms with Crippen molar-refractivity contribution in [1.29, 1.82) is 0 Å². The van der Waals surface area contributed by atoms with Gasteiger partial charge in [-0.25, -0.2) is 0 Å². The first-order valence-corrected chi connectivity index (χ1v) is 18.2. The minimum atomic E-state index is -2.67. The molecule has 2 aliphatic rings. The molecule has 4 aromatic rings. The topological polar surface area (TPSA) is 0 Å². The quantitative estimate of drug-likeness (QED) is 0.171. The van der Waals surface area contributed by atoms with Crippen molar-refractivity contribution in [3.05, 3.63) is 119 Å². The van der Waals surface area contributed by atoms with Crippen LogP contribution < -0.4 is 0 Å². The van der Waals surface area contributed by atoms with Gasteiger partial charge in [-0.15, -0.1) is 33.2 Å². The molecule has 4 aromatic carbocycles. The predicted molar refractivity (Wildman–Crippen MR) is 150 cm³/mol. The maximum atomic E-state index is 6.33. The summed E-state index contributed by atoms with van der Waals surface area (Å²) in [5.41, 5.74) is 11.6. The molecule has 0 N–H and O–H groups in total. The van der Waals surface area contributed by atoms with Crippen LogP contribution in [0.3, 0.4) is 0 Å². The highest BCUT2D eigenvalue weighted by Gasteiger charge is 2.42. The van der Waals surface area contributed by atoms with Crippen molar-refractivity contribution in [2.75, 3.05) is 0 Å². The van der Waals surface area contributed by atoms with E-state index in [9.17, 15) is 0 Å². The van der Waals surface area contributed by atoms with Gasteiger partial charge in [-0.1, -0.05) is 103 Å². The maximum absolute atomic E-state index is 6.33. The highest BCUT2D eigenvalue weighted by atomic mass is 35.8. The summed E-state index contributed by atoms with van der Waals surface area (Å²) in [7, 11) is 0.694. The zero-order valence-electron chi connectivity index (χ0n) is 18.5. The Kier molecular flexibility index (Phi) is 5.99. The Labute approximate surface area is 218 Å². The number of fused-ring (bicyclic) bond motifs is 6. The Bertz CT molecular complexity index is 1180. The van der Waals surface area contributed by atoms with E-state index in [-0.39, 0.29) is 0 Å². The van der Waals surface area contributed by atoms with Crippen LogP contribution in [-0.4, -0.2) is 15.5 Å². The van der Waals surface area contributed by atoms with Gasteiger partial charge in [0.1, 0.15) is 0 Å². The number of halogens is 3. The summed E-state index contributed by atoms with van der Waals surface area (Å²) in [6.07, 6.45) is 0. The number of rotatable bonds is 6. The Hall–Kier alpha value is -1.82. The number of benzene rings is 4. The van der Waals surface area contributed by atoms with Crippen molar-refractivity contribution >= 4 is 48.8 Å². The molecule has 2 aliphatic carbocycles. The lowest BCUT2D eigenvalue weighted by Gasteiger charge is -2.32. The van der Waals surface area contributed by atoms with E-state index in [1.54, 1.807) is 0 Å². The van der Waals surface area contributed by atoms with E-state index in [2.05, 4.69) is 97.1 Å². The van der Waals surface area contributed by atoms with Crippen molar-refractivity contribution in [3.8, 4) is 22.3 Å². The van der Waals surface area contributed by atoms with Crippen LogP contribution in [0.25, 0.3) is 22.3 Å². The SMILES string of the molecule is Cl[Si](Cl)(Cl)CC[Si]C(C1c2ccccc2-c2ccccc21)C1c2ccccc2-c2ccccc21. The molecular formula is C29H23Cl3Si2. The molecule has 0 nitrogen and oxygen atoms in total. The van der Waals surface area contributed by atoms with E-state index in [1.807, 2.05) is 0 Å². The van der Waals surface area contributed by atoms with E-state index in [1.165, 1.54) is 44.5 Å². The van der Waals surface area contributed by atoms with Crippen LogP contribution in [0.2, 0.25) is 17.6 Å². The van der Waals surface area contributed by atoms with Crippen LogP contribution in [0.5, 0.6) is 0 Å². The molecule has 2 radical (unpaired) electrons. The molecule has 0 bridgehead atoms. The summed E-state index contributed by atoms with van der Waals surface area (Å²) in [6.45, 7) is 0. The number of hydrogen-bond donors (Lipinski definition) is 0. The molecule has 168 valence electrons. The normalized spacial score (nSPS) is 14.7. The van der Waals surface area contributed by atoms with Gasteiger partial charge in [-0.2, -0.15) is 0 Å². The highest BCUT2D eigenvalue weighted by molar-refractivity contribution is 7.64. The van der Waals surface area contributed by atoms with Crippen LogP contribution in [-0.2, 0) is 0 Å². The van der Waals surface area contributed by atoms with Gasteiger partial charge < -0.3 is 0 Å². The molecule has 0 saturated carbocycles. The van der Waals surface area contributed by atoms with Gasteiger partial charge in [-0.05, 0) is 56.1 Å². The summed E-state index contributed by atoms with van der Waals surface area (Å²) >= 11 is 19.0. The fourth-order valence-electron chi connectivity index (χ4n) is 5.97. The second kappa shape index (κ2) is 9.00. The third-order valence-corrected chi connectivity index (χ3v) is 12.0.